The van der Waals surface area contributed by atoms with Gasteiger partial charge in [-0.2, -0.15) is 0 Å². The van der Waals surface area contributed by atoms with E-state index in [1.54, 1.807) is 26.0 Å². The van der Waals surface area contributed by atoms with Crippen LogP contribution < -0.4 is 21.2 Å². The summed E-state index contributed by atoms with van der Waals surface area (Å²) < 4.78 is 18.6. The number of aryl methyl sites for hydroxylation is 1. The van der Waals surface area contributed by atoms with Crippen molar-refractivity contribution in [3.63, 3.8) is 0 Å². The molecule has 3 aromatic rings. The quantitative estimate of drug-likeness (QED) is 0.210. The molecule has 1 aromatic heterocycles. The molecule has 0 radical (unpaired) electrons. The van der Waals surface area contributed by atoms with Gasteiger partial charge in [0.15, 0.2) is 5.43 Å². The smallest absolute Gasteiger partial charge is 0.333 e. The highest BCUT2D eigenvalue weighted by Crippen LogP contribution is 2.47. The molecule has 0 aliphatic carbocycles. The van der Waals surface area contributed by atoms with Crippen LogP contribution in [0.25, 0.3) is 11.0 Å². The fraction of sp³-hybridized carbons (Fsp3) is 0.353. The minimum atomic E-state index is -1.05. The lowest BCUT2D eigenvalue weighted by Gasteiger charge is -2.47. The Labute approximate surface area is 250 Å². The first-order valence-electron chi connectivity index (χ1n) is 14.5. The zero-order valence-corrected chi connectivity index (χ0v) is 24.6. The minimum Gasteiger partial charge on any atom is -0.507 e. The summed E-state index contributed by atoms with van der Waals surface area (Å²) in [5, 5.41) is 24.0. The molecule has 0 amide bonds. The molecule has 0 saturated carbocycles. The minimum absolute atomic E-state index is 0.0154. The molecule has 0 bridgehead atoms. The summed E-state index contributed by atoms with van der Waals surface area (Å²) in [5.41, 5.74) is 7.56. The van der Waals surface area contributed by atoms with Gasteiger partial charge in [0.2, 0.25) is 0 Å². The summed E-state index contributed by atoms with van der Waals surface area (Å²) in [7, 11) is 0. The first-order chi connectivity index (χ1) is 20.6. The molecule has 9 nitrogen and oxygen atoms in total. The summed E-state index contributed by atoms with van der Waals surface area (Å²) in [4.78, 5) is 26.0. The first-order valence-corrected chi connectivity index (χ1v) is 14.5. The number of carbonyl (C=O) groups is 1. The van der Waals surface area contributed by atoms with Crippen LogP contribution >= 0.6 is 0 Å². The van der Waals surface area contributed by atoms with Crippen LogP contribution in [-0.4, -0.2) is 34.1 Å². The normalized spacial score (nSPS) is 22.3. The Morgan fingerprint density at radius 3 is 2.72 bits per heavy atom. The van der Waals surface area contributed by atoms with Crippen molar-refractivity contribution in [1.29, 1.82) is 0 Å². The largest absolute Gasteiger partial charge is 0.507 e. The van der Waals surface area contributed by atoms with Crippen molar-refractivity contribution in [2.75, 3.05) is 0 Å². The number of phenolic OH excluding ortho intramolecular Hbond substituents is 1. The predicted molar refractivity (Wildman–Crippen MR) is 163 cm³/mol. The number of hydrogen-bond donors (Lipinski definition) is 4. The van der Waals surface area contributed by atoms with E-state index >= 15 is 0 Å². The molecule has 2 aliphatic rings. The third kappa shape index (κ3) is 6.23. The number of aliphatic hydroxyl groups is 1. The molecule has 2 aliphatic heterocycles. The second-order valence-corrected chi connectivity index (χ2v) is 11.4. The van der Waals surface area contributed by atoms with Crippen LogP contribution in [0, 0.1) is 5.92 Å². The molecule has 3 heterocycles. The van der Waals surface area contributed by atoms with Crippen LogP contribution in [0.1, 0.15) is 50.5 Å². The van der Waals surface area contributed by atoms with Crippen molar-refractivity contribution in [2.45, 2.75) is 70.9 Å². The molecule has 0 fully saturated rings. The number of phenols is 1. The van der Waals surface area contributed by atoms with Crippen LogP contribution in [0.3, 0.4) is 0 Å². The van der Waals surface area contributed by atoms with E-state index in [9.17, 15) is 19.8 Å². The Hall–Kier alpha value is -4.34. The van der Waals surface area contributed by atoms with Gasteiger partial charge in [0.25, 0.3) is 0 Å². The Balaban J connectivity index is 1.61. The average Bonchev–Trinajstić information content (AvgIpc) is 3.00. The molecular formula is C34H38N2O7. The monoisotopic (exact) mass is 586 g/mol. The van der Waals surface area contributed by atoms with Crippen LogP contribution in [-0.2, 0) is 29.0 Å². The van der Waals surface area contributed by atoms with Crippen molar-refractivity contribution >= 4 is 16.9 Å². The van der Waals surface area contributed by atoms with E-state index in [0.29, 0.717) is 29.7 Å². The van der Waals surface area contributed by atoms with Crippen molar-refractivity contribution in [3.8, 4) is 11.5 Å². The van der Waals surface area contributed by atoms with Gasteiger partial charge in [0, 0.05) is 41.8 Å². The van der Waals surface area contributed by atoms with Crippen molar-refractivity contribution in [2.24, 2.45) is 11.7 Å². The highest BCUT2D eigenvalue weighted by molar-refractivity contribution is 5.88. The van der Waals surface area contributed by atoms with Crippen LogP contribution in [0.5, 0.6) is 11.5 Å². The van der Waals surface area contributed by atoms with Crippen molar-refractivity contribution in [1.82, 2.24) is 5.32 Å². The maximum atomic E-state index is 13.1. The molecule has 4 atom stereocenters. The molecular weight excluding hydrogens is 548 g/mol. The van der Waals surface area contributed by atoms with Gasteiger partial charge in [0.05, 0.1) is 6.17 Å². The van der Waals surface area contributed by atoms with Crippen LogP contribution in [0.2, 0.25) is 0 Å². The number of aromatic hydroxyl groups is 1. The van der Waals surface area contributed by atoms with E-state index in [4.69, 9.17) is 19.6 Å². The molecule has 226 valence electrons. The highest BCUT2D eigenvalue weighted by Gasteiger charge is 2.50. The number of ether oxygens (including phenoxy) is 2. The molecule has 0 spiro atoms. The number of nitrogens with one attached hydrogen (secondary N) is 1. The van der Waals surface area contributed by atoms with Crippen molar-refractivity contribution < 1.29 is 28.9 Å². The fourth-order valence-corrected chi connectivity index (χ4v) is 5.79. The molecule has 4 unspecified atom stereocenters. The lowest BCUT2D eigenvalue weighted by Crippen LogP contribution is -2.56. The lowest BCUT2D eigenvalue weighted by molar-refractivity contribution is -0.164. The second-order valence-electron chi connectivity index (χ2n) is 11.4. The van der Waals surface area contributed by atoms with E-state index in [2.05, 4.69) is 17.4 Å². The number of allylic oxidation sites excluding steroid dienone is 3. The van der Waals surface area contributed by atoms with E-state index in [-0.39, 0.29) is 41.0 Å². The van der Waals surface area contributed by atoms with Gasteiger partial charge in [-0.05, 0) is 57.2 Å². The molecule has 9 heteroatoms. The zero-order chi connectivity index (χ0) is 30.7. The van der Waals surface area contributed by atoms with E-state index < -0.39 is 29.7 Å². The maximum absolute atomic E-state index is 13.1. The number of hydrogen-bond acceptors (Lipinski definition) is 9. The predicted octanol–water partition coefficient (Wildman–Crippen LogP) is 4.53. The average molecular weight is 587 g/mol. The fourth-order valence-electron chi connectivity index (χ4n) is 5.79. The molecule has 2 aromatic carbocycles. The van der Waals surface area contributed by atoms with Gasteiger partial charge >= 0.3 is 5.97 Å². The van der Waals surface area contributed by atoms with Crippen LogP contribution in [0.15, 0.2) is 87.3 Å². The van der Waals surface area contributed by atoms with Gasteiger partial charge in [0.1, 0.15) is 46.5 Å². The molecule has 5 N–H and O–H groups in total. The van der Waals surface area contributed by atoms with E-state index in [1.165, 1.54) is 5.56 Å². The summed E-state index contributed by atoms with van der Waals surface area (Å²) in [6.45, 7) is 4.92. The number of benzene rings is 2. The SMILES string of the molecule is CC=C(C)C(=O)OC1Cc2c(cc3oc(CO)cc(=O)c3c2O)OC1(C)C(CCc1ccccc1)CC1=CNC(N)C=C1. The number of rotatable bonds is 9. The van der Waals surface area contributed by atoms with Crippen molar-refractivity contribution in [3.05, 3.63) is 105 Å². The number of nitrogens with two attached hydrogens (primary N) is 1. The summed E-state index contributed by atoms with van der Waals surface area (Å²) >= 11 is 0. The Bertz CT molecular complexity index is 1660. The number of esters is 1. The zero-order valence-electron chi connectivity index (χ0n) is 24.6. The third-order valence-electron chi connectivity index (χ3n) is 8.52. The second kappa shape index (κ2) is 12.5. The molecule has 5 rings (SSSR count). The van der Waals surface area contributed by atoms with Crippen LogP contribution in [0.4, 0.5) is 0 Å². The summed E-state index contributed by atoms with van der Waals surface area (Å²) in [6, 6.07) is 12.9. The van der Waals surface area contributed by atoms with Gasteiger partial charge < -0.3 is 35.2 Å². The number of dihydropyridines is 1. The summed E-state index contributed by atoms with van der Waals surface area (Å²) in [5.74, 6) is -0.520. The molecule has 43 heavy (non-hydrogen) atoms. The van der Waals surface area contributed by atoms with Gasteiger partial charge in [-0.3, -0.25) is 4.79 Å². The Morgan fingerprint density at radius 1 is 1.28 bits per heavy atom. The lowest BCUT2D eigenvalue weighted by atomic mass is 9.73. The van der Waals surface area contributed by atoms with Gasteiger partial charge in [-0.1, -0.05) is 42.5 Å². The molecule has 0 saturated heterocycles. The van der Waals surface area contributed by atoms with Gasteiger partial charge in [-0.25, -0.2) is 4.79 Å². The van der Waals surface area contributed by atoms with E-state index in [1.807, 2.05) is 43.5 Å². The topological polar surface area (TPSA) is 144 Å². The Kier molecular flexibility index (Phi) is 8.75. The maximum Gasteiger partial charge on any atom is 0.333 e. The first kappa shape index (κ1) is 30.1. The van der Waals surface area contributed by atoms with Gasteiger partial charge in [-0.15, -0.1) is 0 Å². The third-order valence-corrected chi connectivity index (χ3v) is 8.52. The number of aliphatic hydroxyl groups excluding tert-OH is 1. The number of carbonyl (C=O) groups excluding carboxylic acids is 1. The Morgan fingerprint density at radius 2 is 2.05 bits per heavy atom. The highest BCUT2D eigenvalue weighted by atomic mass is 16.6. The number of fused-ring (bicyclic) bond motifs is 2. The van der Waals surface area contributed by atoms with E-state index in [0.717, 1.165) is 18.1 Å². The standard InChI is InChI=1S/C34H38N2O7/c1-4-20(2)33(40)42-29-16-25-27(17-28-31(32(25)39)26(38)15-24(19-37)41-28)43-34(29,3)23(12-10-21-8-6-5-7-9-21)14-22-11-13-30(35)36-18-22/h4-9,11,13,15,17-18,23,29-30,36-37,39H,10,12,14,16,19,35H2,1-3H3. The summed E-state index contributed by atoms with van der Waals surface area (Å²) in [6.07, 6.45) is 8.58.